The number of hydrogen-bond acceptors (Lipinski definition) is 6. The predicted octanol–water partition coefficient (Wildman–Crippen LogP) is 2.79. The van der Waals surface area contributed by atoms with Gasteiger partial charge in [0.05, 0.1) is 14.2 Å². The van der Waals surface area contributed by atoms with Crippen LogP contribution in [0, 0.1) is 12.4 Å². The molecule has 4 heterocycles. The molecule has 0 unspecified atom stereocenters. The summed E-state index contributed by atoms with van der Waals surface area (Å²) in [4.78, 5) is 17.9. The monoisotopic (exact) mass is 583 g/mol. The summed E-state index contributed by atoms with van der Waals surface area (Å²) in [6.07, 6.45) is 9.12. The van der Waals surface area contributed by atoms with Crippen LogP contribution in [0.3, 0.4) is 0 Å². The zero-order chi connectivity index (χ0) is 20.4. The fourth-order valence-electron chi connectivity index (χ4n) is 3.05. The maximum absolute atomic E-state index is 5.27. The Morgan fingerprint density at radius 2 is 1.20 bits per heavy atom. The molecule has 0 radical (unpaired) electrons. The Morgan fingerprint density at radius 1 is 0.767 bits per heavy atom. The summed E-state index contributed by atoms with van der Waals surface area (Å²) in [7, 11) is 3.13. The molecule has 9 heteroatoms. The molecule has 4 aromatic heterocycles. The Labute approximate surface area is 189 Å². The van der Waals surface area contributed by atoms with E-state index in [-0.39, 0.29) is 21.1 Å². The van der Waals surface area contributed by atoms with Gasteiger partial charge in [0.1, 0.15) is 0 Å². The van der Waals surface area contributed by atoms with Gasteiger partial charge in [-0.3, -0.25) is 19.9 Å². The molecule has 0 spiro atoms. The van der Waals surface area contributed by atoms with Crippen LogP contribution in [0.15, 0.2) is 48.8 Å². The van der Waals surface area contributed by atoms with E-state index in [9.17, 15) is 0 Å². The van der Waals surface area contributed by atoms with Crippen molar-refractivity contribution < 1.29 is 30.5 Å². The standard InChI is InChI=1S/C21H20N6O2.Pt/c1-21(2,15-7-5-9-17(24-15)26-13-11-22-19(26)28-3)16-8-6-10-18(25-16)27-14-12-23-20(27)29-4;/h5-12H,1-4H3;/q-2;+2. The van der Waals surface area contributed by atoms with Crippen molar-refractivity contribution in [2.45, 2.75) is 19.3 Å². The summed E-state index contributed by atoms with van der Waals surface area (Å²) < 4.78 is 13.9. The zero-order valence-corrected chi connectivity index (χ0v) is 19.2. The van der Waals surface area contributed by atoms with Crippen molar-refractivity contribution in [2.75, 3.05) is 14.2 Å². The molecule has 0 atom stereocenters. The number of imidazole rings is 2. The molecule has 0 amide bonds. The molecular formula is C21H20N6O2Pt. The molecule has 4 aromatic rings. The van der Waals surface area contributed by atoms with Crippen molar-refractivity contribution in [1.29, 1.82) is 0 Å². The van der Waals surface area contributed by atoms with Gasteiger partial charge < -0.3 is 18.6 Å². The second kappa shape index (κ2) is 8.79. The van der Waals surface area contributed by atoms with Crippen LogP contribution in [-0.2, 0) is 26.5 Å². The molecule has 0 N–H and O–H groups in total. The van der Waals surface area contributed by atoms with Gasteiger partial charge in [-0.1, -0.05) is 36.7 Å². The molecule has 0 aliphatic carbocycles. The molecular weight excluding hydrogens is 563 g/mol. The summed E-state index contributed by atoms with van der Waals surface area (Å²) >= 11 is 0. The summed E-state index contributed by atoms with van der Waals surface area (Å²) in [5.41, 5.74) is 1.24. The number of methoxy groups -OCH3 is 2. The molecule has 30 heavy (non-hydrogen) atoms. The topological polar surface area (TPSA) is 79.9 Å². The fourth-order valence-corrected chi connectivity index (χ4v) is 3.05. The minimum Gasteiger partial charge on any atom is -0.525 e. The van der Waals surface area contributed by atoms with Gasteiger partial charge in [-0.2, -0.15) is 0 Å². The van der Waals surface area contributed by atoms with E-state index in [1.54, 1.807) is 35.7 Å². The van der Waals surface area contributed by atoms with Crippen molar-refractivity contribution >= 4 is 0 Å². The maximum atomic E-state index is 5.27. The average Bonchev–Trinajstić information content (AvgIpc) is 3.43. The van der Waals surface area contributed by atoms with E-state index >= 15 is 0 Å². The molecule has 156 valence electrons. The van der Waals surface area contributed by atoms with E-state index < -0.39 is 5.41 Å². The van der Waals surface area contributed by atoms with E-state index in [2.05, 4.69) is 36.2 Å². The van der Waals surface area contributed by atoms with Gasteiger partial charge in [0.15, 0.2) is 12.0 Å². The number of nitrogens with zero attached hydrogens (tertiary/aromatic N) is 6. The molecule has 0 fully saturated rings. The van der Waals surface area contributed by atoms with Gasteiger partial charge in [0, 0.05) is 28.4 Å². The first-order chi connectivity index (χ1) is 14.0. The normalized spacial score (nSPS) is 11.1. The van der Waals surface area contributed by atoms with E-state index in [1.807, 2.05) is 36.4 Å². The van der Waals surface area contributed by atoms with E-state index in [4.69, 9.17) is 19.4 Å². The van der Waals surface area contributed by atoms with Crippen molar-refractivity contribution in [1.82, 2.24) is 29.1 Å². The molecule has 0 aliphatic rings. The van der Waals surface area contributed by atoms with E-state index in [0.29, 0.717) is 23.7 Å². The smallest absolute Gasteiger partial charge is 0.525 e. The van der Waals surface area contributed by atoms with Crippen LogP contribution < -0.4 is 9.47 Å². The Morgan fingerprint density at radius 3 is 1.60 bits per heavy atom. The Hall–Kier alpha value is -2.99. The van der Waals surface area contributed by atoms with Crippen LogP contribution in [0.1, 0.15) is 25.2 Å². The third-order valence-electron chi connectivity index (χ3n) is 4.68. The maximum Gasteiger partial charge on any atom is 2.00 e. The van der Waals surface area contributed by atoms with Gasteiger partial charge in [0.25, 0.3) is 0 Å². The number of hydrogen-bond donors (Lipinski definition) is 0. The minimum atomic E-state index is -0.465. The van der Waals surface area contributed by atoms with Crippen molar-refractivity contribution in [3.63, 3.8) is 0 Å². The summed E-state index contributed by atoms with van der Waals surface area (Å²) in [5, 5.41) is 0. The summed E-state index contributed by atoms with van der Waals surface area (Å²) in [6.45, 7) is 4.16. The summed E-state index contributed by atoms with van der Waals surface area (Å²) in [6, 6.07) is 12.5. The SMILES string of the molecule is COc1nc[c-]n1-c1cccc(C(C)(C)c2cccc(-n3[c-]cnc3OC)n2)n1.[Pt+2]. The zero-order valence-electron chi connectivity index (χ0n) is 16.9. The van der Waals surface area contributed by atoms with Crippen LogP contribution in [0.25, 0.3) is 11.6 Å². The van der Waals surface area contributed by atoms with Crippen molar-refractivity contribution in [3.05, 3.63) is 72.6 Å². The van der Waals surface area contributed by atoms with Gasteiger partial charge in [-0.15, -0.1) is 0 Å². The van der Waals surface area contributed by atoms with Crippen molar-refractivity contribution in [3.8, 4) is 23.7 Å². The number of pyridine rings is 2. The van der Waals surface area contributed by atoms with Crippen LogP contribution in [0.4, 0.5) is 0 Å². The first kappa shape index (κ1) is 21.7. The molecule has 4 rings (SSSR count). The average molecular weight is 584 g/mol. The van der Waals surface area contributed by atoms with Gasteiger partial charge in [-0.05, 0) is 38.4 Å². The first-order valence-corrected chi connectivity index (χ1v) is 8.99. The third-order valence-corrected chi connectivity index (χ3v) is 4.68. The molecule has 0 aromatic carbocycles. The minimum absolute atomic E-state index is 0. The molecule has 0 bridgehead atoms. The second-order valence-corrected chi connectivity index (χ2v) is 6.81. The van der Waals surface area contributed by atoms with Crippen LogP contribution >= 0.6 is 0 Å². The van der Waals surface area contributed by atoms with Gasteiger partial charge in [-0.25, -0.2) is 0 Å². The quantitative estimate of drug-likeness (QED) is 0.325. The van der Waals surface area contributed by atoms with Gasteiger partial charge >= 0.3 is 21.1 Å². The van der Waals surface area contributed by atoms with Crippen LogP contribution in [-0.4, -0.2) is 43.3 Å². The fraction of sp³-hybridized carbons (Fsp3) is 0.238. The Balaban J connectivity index is 0.00000256. The predicted molar refractivity (Wildman–Crippen MR) is 106 cm³/mol. The third kappa shape index (κ3) is 3.87. The number of ether oxygens (including phenoxy) is 2. The summed E-state index contributed by atoms with van der Waals surface area (Å²) in [5.74, 6) is 1.34. The molecule has 0 aliphatic heterocycles. The van der Waals surface area contributed by atoms with Gasteiger partial charge in [0.2, 0.25) is 0 Å². The van der Waals surface area contributed by atoms with E-state index in [0.717, 1.165) is 11.4 Å². The van der Waals surface area contributed by atoms with E-state index in [1.165, 1.54) is 0 Å². The van der Waals surface area contributed by atoms with Crippen molar-refractivity contribution in [2.24, 2.45) is 0 Å². The number of rotatable bonds is 6. The second-order valence-electron chi connectivity index (χ2n) is 6.81. The largest absolute Gasteiger partial charge is 2.00 e. The molecule has 0 saturated carbocycles. The van der Waals surface area contributed by atoms with Crippen LogP contribution in [0.2, 0.25) is 0 Å². The van der Waals surface area contributed by atoms with Crippen LogP contribution in [0.5, 0.6) is 12.0 Å². The molecule has 8 nitrogen and oxygen atoms in total. The number of aromatic nitrogens is 6. The molecule has 0 saturated heterocycles. The first-order valence-electron chi connectivity index (χ1n) is 8.99. The Kier molecular flexibility index (Phi) is 6.36. The Bertz CT molecular complexity index is 1050.